The molecule has 8 heteroatoms. The van der Waals surface area contributed by atoms with Crippen LogP contribution in [0, 0.1) is 5.92 Å². The van der Waals surface area contributed by atoms with Crippen molar-refractivity contribution >= 4 is 28.3 Å². The summed E-state index contributed by atoms with van der Waals surface area (Å²) in [5.41, 5.74) is 0.0277. The molecule has 0 bridgehead atoms. The smallest absolute Gasteiger partial charge is 0.241 e. The molecule has 0 saturated carbocycles. The van der Waals surface area contributed by atoms with Gasteiger partial charge in [-0.05, 0) is 64.3 Å². The van der Waals surface area contributed by atoms with Gasteiger partial charge in [0.25, 0.3) is 0 Å². The number of rotatable bonds is 7. The Labute approximate surface area is 163 Å². The van der Waals surface area contributed by atoms with Gasteiger partial charge in [0.1, 0.15) is 0 Å². The molecule has 3 N–H and O–H groups in total. The van der Waals surface area contributed by atoms with Gasteiger partial charge in [0.2, 0.25) is 15.9 Å². The topological polar surface area (TPSA) is 87.3 Å². The zero-order chi connectivity index (χ0) is 18.5. The van der Waals surface area contributed by atoms with Crippen LogP contribution < -0.4 is 15.4 Å². The summed E-state index contributed by atoms with van der Waals surface area (Å²) < 4.78 is 27.8. The average molecular weight is 404 g/mol. The fraction of sp³-hybridized carbons (Fsp3) is 0.611. The molecule has 1 fully saturated rings. The van der Waals surface area contributed by atoms with E-state index in [-0.39, 0.29) is 29.8 Å². The summed E-state index contributed by atoms with van der Waals surface area (Å²) in [4.78, 5) is 12.3. The third-order valence-electron chi connectivity index (χ3n) is 4.12. The van der Waals surface area contributed by atoms with Gasteiger partial charge in [0.05, 0.1) is 4.90 Å². The third-order valence-corrected chi connectivity index (χ3v) is 5.98. The van der Waals surface area contributed by atoms with Crippen LogP contribution in [0.15, 0.2) is 29.2 Å². The van der Waals surface area contributed by atoms with Gasteiger partial charge in [-0.25, -0.2) is 13.1 Å². The largest absolute Gasteiger partial charge is 0.352 e. The normalized spacial score (nSPS) is 17.6. The quantitative estimate of drug-likeness (QED) is 0.651. The lowest BCUT2D eigenvalue weighted by Crippen LogP contribution is -2.41. The van der Waals surface area contributed by atoms with Crippen LogP contribution in [0.4, 0.5) is 0 Å². The van der Waals surface area contributed by atoms with E-state index in [1.807, 2.05) is 0 Å². The molecular weight excluding hydrogens is 374 g/mol. The standard InChI is InChI=1S/C18H29N3O3S.ClH/c1-18(2,3)21-25(23,24)16-7-5-4-6-15(16)13-20-17(22)9-8-14-10-11-19-12-14;/h4-7,14,19,21H,8-13H2,1-3H3,(H,20,22);1H. The van der Waals surface area contributed by atoms with Crippen molar-refractivity contribution in [1.82, 2.24) is 15.4 Å². The van der Waals surface area contributed by atoms with Crippen LogP contribution in [-0.2, 0) is 21.4 Å². The highest BCUT2D eigenvalue weighted by Crippen LogP contribution is 2.18. The summed E-state index contributed by atoms with van der Waals surface area (Å²) in [5, 5.41) is 6.14. The molecule has 6 nitrogen and oxygen atoms in total. The van der Waals surface area contributed by atoms with Gasteiger partial charge < -0.3 is 10.6 Å². The van der Waals surface area contributed by atoms with Crippen LogP contribution in [0.1, 0.15) is 45.6 Å². The molecule has 0 aromatic heterocycles. The minimum atomic E-state index is -3.63. The molecule has 1 aromatic carbocycles. The third kappa shape index (κ3) is 7.23. The number of amides is 1. The maximum absolute atomic E-state index is 12.6. The second-order valence-electron chi connectivity index (χ2n) is 7.64. The van der Waals surface area contributed by atoms with Gasteiger partial charge in [-0.2, -0.15) is 0 Å². The minimum Gasteiger partial charge on any atom is -0.352 e. The molecule has 0 radical (unpaired) electrons. The number of nitrogens with one attached hydrogen (secondary N) is 3. The van der Waals surface area contributed by atoms with Gasteiger partial charge in [-0.15, -0.1) is 12.4 Å². The molecule has 0 aliphatic carbocycles. The predicted molar refractivity (Wildman–Crippen MR) is 106 cm³/mol. The van der Waals surface area contributed by atoms with Crippen LogP contribution in [0.3, 0.4) is 0 Å². The molecule has 1 aliphatic heterocycles. The Morgan fingerprint density at radius 1 is 1.27 bits per heavy atom. The summed E-state index contributed by atoms with van der Waals surface area (Å²) in [7, 11) is -3.63. The molecule has 1 heterocycles. The van der Waals surface area contributed by atoms with E-state index >= 15 is 0 Å². The average Bonchev–Trinajstić information content (AvgIpc) is 3.02. The molecule has 1 saturated heterocycles. The van der Waals surface area contributed by atoms with E-state index in [9.17, 15) is 13.2 Å². The van der Waals surface area contributed by atoms with Crippen molar-refractivity contribution in [3.05, 3.63) is 29.8 Å². The number of hydrogen-bond donors (Lipinski definition) is 3. The predicted octanol–water partition coefficient (Wildman–Crippen LogP) is 2.19. The number of carbonyl (C=O) groups is 1. The van der Waals surface area contributed by atoms with Crippen LogP contribution in [-0.4, -0.2) is 33.0 Å². The van der Waals surface area contributed by atoms with Gasteiger partial charge in [-0.1, -0.05) is 18.2 Å². The number of benzene rings is 1. The zero-order valence-electron chi connectivity index (χ0n) is 15.7. The van der Waals surface area contributed by atoms with Crippen molar-refractivity contribution in [2.45, 2.75) is 57.0 Å². The number of hydrogen-bond acceptors (Lipinski definition) is 4. The van der Waals surface area contributed by atoms with E-state index in [1.54, 1.807) is 45.0 Å². The Balaban J connectivity index is 0.00000338. The first-order valence-electron chi connectivity index (χ1n) is 8.77. The Bertz CT molecular complexity index is 696. The Hall–Kier alpha value is -1.15. The van der Waals surface area contributed by atoms with Gasteiger partial charge in [0.15, 0.2) is 0 Å². The summed E-state index contributed by atoms with van der Waals surface area (Å²) in [5.74, 6) is 0.525. The highest BCUT2D eigenvalue weighted by molar-refractivity contribution is 7.89. The molecule has 1 atom stereocenters. The summed E-state index contributed by atoms with van der Waals surface area (Å²) in [6.07, 6.45) is 2.46. The lowest BCUT2D eigenvalue weighted by Gasteiger charge is -2.21. The number of sulfonamides is 1. The fourth-order valence-corrected chi connectivity index (χ4v) is 4.61. The van der Waals surface area contributed by atoms with Gasteiger partial charge >= 0.3 is 0 Å². The fourth-order valence-electron chi connectivity index (χ4n) is 2.95. The van der Waals surface area contributed by atoms with Crippen LogP contribution >= 0.6 is 12.4 Å². The molecule has 1 unspecified atom stereocenters. The number of halogens is 1. The van der Waals surface area contributed by atoms with Gasteiger partial charge in [-0.3, -0.25) is 4.79 Å². The van der Waals surface area contributed by atoms with E-state index in [1.165, 1.54) is 0 Å². The molecule has 1 aliphatic rings. The Kier molecular flexibility index (Phi) is 8.53. The summed E-state index contributed by atoms with van der Waals surface area (Å²) >= 11 is 0. The van der Waals surface area contributed by atoms with Crippen LogP contribution in [0.25, 0.3) is 0 Å². The maximum atomic E-state index is 12.6. The molecule has 2 rings (SSSR count). The second kappa shape index (κ2) is 9.69. The highest BCUT2D eigenvalue weighted by Gasteiger charge is 2.24. The van der Waals surface area contributed by atoms with Crippen LogP contribution in [0.5, 0.6) is 0 Å². The highest BCUT2D eigenvalue weighted by atomic mass is 35.5. The summed E-state index contributed by atoms with van der Waals surface area (Å²) in [6, 6.07) is 6.77. The number of carbonyl (C=O) groups excluding carboxylic acids is 1. The van der Waals surface area contributed by atoms with E-state index in [2.05, 4.69) is 15.4 Å². The summed E-state index contributed by atoms with van der Waals surface area (Å²) in [6.45, 7) is 7.61. The molecule has 148 valence electrons. The first-order valence-corrected chi connectivity index (χ1v) is 10.2. The molecule has 1 aromatic rings. The van der Waals surface area contributed by atoms with Crippen molar-refractivity contribution in [3.63, 3.8) is 0 Å². The van der Waals surface area contributed by atoms with Crippen molar-refractivity contribution in [2.75, 3.05) is 13.1 Å². The van der Waals surface area contributed by atoms with E-state index in [0.717, 1.165) is 25.9 Å². The van der Waals surface area contributed by atoms with E-state index < -0.39 is 15.6 Å². The van der Waals surface area contributed by atoms with E-state index in [4.69, 9.17) is 0 Å². The van der Waals surface area contributed by atoms with Crippen molar-refractivity contribution in [3.8, 4) is 0 Å². The zero-order valence-corrected chi connectivity index (χ0v) is 17.3. The monoisotopic (exact) mass is 403 g/mol. The van der Waals surface area contributed by atoms with Crippen molar-refractivity contribution in [1.29, 1.82) is 0 Å². The Morgan fingerprint density at radius 2 is 1.96 bits per heavy atom. The lowest BCUT2D eigenvalue weighted by atomic mass is 10.0. The minimum absolute atomic E-state index is 0. The first-order chi connectivity index (χ1) is 11.7. The molecule has 26 heavy (non-hydrogen) atoms. The second-order valence-corrected chi connectivity index (χ2v) is 9.29. The Morgan fingerprint density at radius 3 is 2.58 bits per heavy atom. The van der Waals surface area contributed by atoms with Crippen molar-refractivity contribution in [2.24, 2.45) is 5.92 Å². The van der Waals surface area contributed by atoms with Crippen LogP contribution in [0.2, 0.25) is 0 Å². The first kappa shape index (κ1) is 22.9. The van der Waals surface area contributed by atoms with E-state index in [0.29, 0.717) is 17.9 Å². The maximum Gasteiger partial charge on any atom is 0.241 e. The molecule has 1 amide bonds. The molecule has 0 spiro atoms. The SMILES string of the molecule is CC(C)(C)NS(=O)(=O)c1ccccc1CNC(=O)CCC1CCNC1.Cl. The van der Waals surface area contributed by atoms with Crippen molar-refractivity contribution < 1.29 is 13.2 Å². The van der Waals surface area contributed by atoms with Gasteiger partial charge in [0, 0.05) is 18.5 Å². The lowest BCUT2D eigenvalue weighted by molar-refractivity contribution is -0.121. The molecular formula is C18H30ClN3O3S.